The average Bonchev–Trinajstić information content (AvgIpc) is 3.28. The molecule has 0 atom stereocenters. The molecule has 0 spiro atoms. The van der Waals surface area contributed by atoms with Crippen LogP contribution in [-0.4, -0.2) is 10.9 Å². The van der Waals surface area contributed by atoms with E-state index in [-0.39, 0.29) is 18.1 Å². The molecular weight excluding hydrogens is 393 g/mol. The van der Waals surface area contributed by atoms with Crippen LogP contribution in [-0.2, 0) is 17.8 Å². The zero-order valence-electron chi connectivity index (χ0n) is 16.9. The Bertz CT molecular complexity index is 1110. The van der Waals surface area contributed by atoms with E-state index in [1.807, 2.05) is 65.7 Å². The molecule has 31 heavy (non-hydrogen) atoms. The Morgan fingerprint density at radius 3 is 2.32 bits per heavy atom. The Morgan fingerprint density at radius 2 is 1.61 bits per heavy atom. The smallest absolute Gasteiger partial charge is 0.239 e. The van der Waals surface area contributed by atoms with Crippen molar-refractivity contribution in [1.82, 2.24) is 10.4 Å². The Labute approximate surface area is 180 Å². The van der Waals surface area contributed by atoms with Crippen molar-refractivity contribution in [3.63, 3.8) is 0 Å². The second-order valence-corrected chi connectivity index (χ2v) is 7.07. The van der Waals surface area contributed by atoms with E-state index < -0.39 is 0 Å². The van der Waals surface area contributed by atoms with Crippen LogP contribution in [0, 0.1) is 5.82 Å². The quantitative estimate of drug-likeness (QED) is 0.404. The molecule has 0 saturated heterocycles. The first kappa shape index (κ1) is 20.3. The van der Waals surface area contributed by atoms with E-state index >= 15 is 0 Å². The molecule has 1 aromatic heterocycles. The van der Waals surface area contributed by atoms with Crippen molar-refractivity contribution in [2.24, 2.45) is 0 Å². The summed E-state index contributed by atoms with van der Waals surface area (Å²) in [4.78, 5) is 16.9. The predicted octanol–water partition coefficient (Wildman–Crippen LogP) is 5.15. The molecule has 5 nitrogen and oxygen atoms in total. The molecule has 3 aromatic carbocycles. The minimum atomic E-state index is -0.307. The number of oxazole rings is 1. The molecule has 1 heterocycles. The van der Waals surface area contributed by atoms with Gasteiger partial charge in [0.15, 0.2) is 11.7 Å². The van der Waals surface area contributed by atoms with Crippen LogP contribution in [0.4, 0.5) is 10.1 Å². The van der Waals surface area contributed by atoms with Crippen LogP contribution in [0.2, 0.25) is 0 Å². The number of aromatic nitrogens is 1. The van der Waals surface area contributed by atoms with Crippen molar-refractivity contribution in [2.75, 3.05) is 5.01 Å². The molecule has 0 aliphatic rings. The molecule has 0 aliphatic carbocycles. The van der Waals surface area contributed by atoms with Gasteiger partial charge >= 0.3 is 0 Å². The van der Waals surface area contributed by atoms with Crippen LogP contribution < -0.4 is 10.4 Å². The lowest BCUT2D eigenvalue weighted by molar-refractivity contribution is -0.121. The van der Waals surface area contributed by atoms with Crippen molar-refractivity contribution >= 4 is 11.6 Å². The number of hydrogen-bond acceptors (Lipinski definition) is 4. The van der Waals surface area contributed by atoms with Crippen molar-refractivity contribution in [1.29, 1.82) is 0 Å². The first-order valence-corrected chi connectivity index (χ1v) is 10.0. The van der Waals surface area contributed by atoms with E-state index in [0.717, 1.165) is 16.8 Å². The number of anilines is 1. The van der Waals surface area contributed by atoms with E-state index in [9.17, 15) is 9.18 Å². The standard InChI is InChI=1S/C25H22FN3O2/c26-21-13-11-20(12-14-21)23-17-27-25(31-23)16-15-24(30)28-29(22-9-5-2-6-10-22)18-19-7-3-1-4-8-19/h1-14,17H,15-16,18H2,(H,28,30). The van der Waals surface area contributed by atoms with Crippen LogP contribution in [0.1, 0.15) is 17.9 Å². The molecule has 0 unspecified atom stereocenters. The first-order valence-electron chi connectivity index (χ1n) is 10.0. The number of benzene rings is 3. The van der Waals surface area contributed by atoms with Gasteiger partial charge in [-0.25, -0.2) is 9.37 Å². The highest BCUT2D eigenvalue weighted by atomic mass is 19.1. The topological polar surface area (TPSA) is 58.4 Å². The number of hydrazine groups is 1. The van der Waals surface area contributed by atoms with Gasteiger partial charge < -0.3 is 4.42 Å². The van der Waals surface area contributed by atoms with Crippen LogP contribution in [0.5, 0.6) is 0 Å². The molecule has 156 valence electrons. The Balaban J connectivity index is 1.38. The molecule has 0 radical (unpaired) electrons. The Hall–Kier alpha value is -3.93. The third-order valence-electron chi connectivity index (χ3n) is 4.76. The Kier molecular flexibility index (Phi) is 6.38. The second kappa shape index (κ2) is 9.71. The van der Waals surface area contributed by atoms with Crippen LogP contribution in [0.25, 0.3) is 11.3 Å². The maximum atomic E-state index is 13.1. The van der Waals surface area contributed by atoms with E-state index in [1.165, 1.54) is 12.1 Å². The highest BCUT2D eigenvalue weighted by Crippen LogP contribution is 2.21. The maximum Gasteiger partial charge on any atom is 0.239 e. The van der Waals surface area contributed by atoms with Crippen LogP contribution in [0.15, 0.2) is 95.5 Å². The van der Waals surface area contributed by atoms with Gasteiger partial charge in [-0.15, -0.1) is 0 Å². The first-order chi connectivity index (χ1) is 15.2. The van der Waals surface area contributed by atoms with Gasteiger partial charge in [0.25, 0.3) is 0 Å². The summed E-state index contributed by atoms with van der Waals surface area (Å²) in [6, 6.07) is 25.7. The molecule has 4 rings (SSSR count). The molecule has 4 aromatic rings. The number of carbonyl (C=O) groups is 1. The highest BCUT2D eigenvalue weighted by molar-refractivity contribution is 5.78. The lowest BCUT2D eigenvalue weighted by Crippen LogP contribution is -2.42. The van der Waals surface area contributed by atoms with Gasteiger partial charge in [-0.05, 0) is 42.0 Å². The summed E-state index contributed by atoms with van der Waals surface area (Å²) < 4.78 is 18.8. The molecule has 0 saturated carbocycles. The van der Waals surface area contributed by atoms with Crippen molar-refractivity contribution < 1.29 is 13.6 Å². The molecule has 1 N–H and O–H groups in total. The third kappa shape index (κ3) is 5.57. The summed E-state index contributed by atoms with van der Waals surface area (Å²) in [6.45, 7) is 0.546. The fourth-order valence-corrected chi connectivity index (χ4v) is 3.17. The third-order valence-corrected chi connectivity index (χ3v) is 4.76. The number of rotatable bonds is 8. The minimum absolute atomic E-state index is 0.138. The average molecular weight is 415 g/mol. The number of nitrogens with zero attached hydrogens (tertiary/aromatic N) is 2. The number of para-hydroxylation sites is 1. The van der Waals surface area contributed by atoms with E-state index in [0.29, 0.717) is 24.6 Å². The summed E-state index contributed by atoms with van der Waals surface area (Å²) in [5, 5.41) is 1.83. The van der Waals surface area contributed by atoms with Gasteiger partial charge in [-0.3, -0.25) is 15.2 Å². The number of nitrogens with one attached hydrogen (secondary N) is 1. The summed E-state index contributed by atoms with van der Waals surface area (Å²) in [6.07, 6.45) is 2.18. The van der Waals surface area contributed by atoms with E-state index in [4.69, 9.17) is 4.42 Å². The zero-order chi connectivity index (χ0) is 21.5. The number of amides is 1. The largest absolute Gasteiger partial charge is 0.441 e. The molecule has 0 fully saturated rings. The maximum absolute atomic E-state index is 13.1. The lowest BCUT2D eigenvalue weighted by Gasteiger charge is -2.25. The van der Waals surface area contributed by atoms with Gasteiger partial charge in [0.1, 0.15) is 5.82 Å². The monoisotopic (exact) mass is 415 g/mol. The van der Waals surface area contributed by atoms with Crippen molar-refractivity contribution in [3.05, 3.63) is 108 Å². The summed E-state index contributed by atoms with van der Waals surface area (Å²) in [5.41, 5.74) is 5.70. The molecule has 6 heteroatoms. The number of aryl methyl sites for hydroxylation is 1. The van der Waals surface area contributed by atoms with Gasteiger partial charge in [0, 0.05) is 18.4 Å². The SMILES string of the molecule is O=C(CCc1ncc(-c2ccc(F)cc2)o1)NN(Cc1ccccc1)c1ccccc1. The predicted molar refractivity (Wildman–Crippen MR) is 117 cm³/mol. The van der Waals surface area contributed by atoms with Crippen LogP contribution in [0.3, 0.4) is 0 Å². The molecule has 0 aliphatic heterocycles. The van der Waals surface area contributed by atoms with Gasteiger partial charge in [0.2, 0.25) is 5.91 Å². The highest BCUT2D eigenvalue weighted by Gasteiger charge is 2.13. The fourth-order valence-electron chi connectivity index (χ4n) is 3.17. The van der Waals surface area contributed by atoms with Gasteiger partial charge in [0.05, 0.1) is 18.4 Å². The van der Waals surface area contributed by atoms with E-state index in [2.05, 4.69) is 10.4 Å². The lowest BCUT2D eigenvalue weighted by atomic mass is 10.2. The summed E-state index contributed by atoms with van der Waals surface area (Å²) in [5.74, 6) is 0.564. The zero-order valence-corrected chi connectivity index (χ0v) is 16.9. The van der Waals surface area contributed by atoms with E-state index in [1.54, 1.807) is 18.3 Å². The number of carbonyl (C=O) groups excluding carboxylic acids is 1. The summed E-state index contributed by atoms with van der Waals surface area (Å²) in [7, 11) is 0. The van der Waals surface area contributed by atoms with Crippen molar-refractivity contribution in [2.45, 2.75) is 19.4 Å². The second-order valence-electron chi connectivity index (χ2n) is 7.07. The normalized spacial score (nSPS) is 10.6. The molecule has 0 bridgehead atoms. The molecular formula is C25H22FN3O2. The Morgan fingerprint density at radius 1 is 0.935 bits per heavy atom. The molecule has 1 amide bonds. The minimum Gasteiger partial charge on any atom is -0.441 e. The van der Waals surface area contributed by atoms with Gasteiger partial charge in [-0.1, -0.05) is 48.5 Å². The van der Waals surface area contributed by atoms with Gasteiger partial charge in [-0.2, -0.15) is 0 Å². The summed E-state index contributed by atoms with van der Waals surface area (Å²) >= 11 is 0. The van der Waals surface area contributed by atoms with Crippen molar-refractivity contribution in [3.8, 4) is 11.3 Å². The number of halogens is 1. The van der Waals surface area contributed by atoms with Crippen LogP contribution >= 0.6 is 0 Å². The fraction of sp³-hybridized carbons (Fsp3) is 0.120. The number of hydrogen-bond donors (Lipinski definition) is 1.